The zero-order valence-corrected chi connectivity index (χ0v) is 13.2. The fraction of sp³-hybridized carbons (Fsp3) is 0.500. The van der Waals surface area contributed by atoms with E-state index in [1.54, 1.807) is 10.9 Å². The Labute approximate surface area is 132 Å². The highest BCUT2D eigenvalue weighted by atomic mass is 16.5. The highest BCUT2D eigenvalue weighted by molar-refractivity contribution is 5.36. The summed E-state index contributed by atoms with van der Waals surface area (Å²) >= 11 is 0. The summed E-state index contributed by atoms with van der Waals surface area (Å²) in [6, 6.07) is 11.7. The van der Waals surface area contributed by atoms with Gasteiger partial charge in [-0.15, -0.1) is 0 Å². The second kappa shape index (κ2) is 7.45. The molecule has 117 valence electrons. The summed E-state index contributed by atoms with van der Waals surface area (Å²) in [6.07, 6.45) is 8.51. The van der Waals surface area contributed by atoms with Crippen LogP contribution in [0.15, 0.2) is 36.7 Å². The van der Waals surface area contributed by atoms with Gasteiger partial charge in [0.05, 0.1) is 18.5 Å². The van der Waals surface area contributed by atoms with Crippen molar-refractivity contribution in [1.82, 2.24) is 14.7 Å². The average molecular weight is 298 g/mol. The van der Waals surface area contributed by atoms with Crippen molar-refractivity contribution in [3.63, 3.8) is 0 Å². The van der Waals surface area contributed by atoms with E-state index in [0.29, 0.717) is 0 Å². The van der Waals surface area contributed by atoms with Gasteiger partial charge in [0.25, 0.3) is 0 Å². The molecule has 4 heteroatoms. The molecule has 1 atom stereocenters. The summed E-state index contributed by atoms with van der Waals surface area (Å²) in [7, 11) is 0. The van der Waals surface area contributed by atoms with Crippen LogP contribution in [0.25, 0.3) is 5.69 Å². The van der Waals surface area contributed by atoms with Crippen LogP contribution in [0.1, 0.15) is 32.6 Å². The lowest BCUT2D eigenvalue weighted by molar-refractivity contribution is 0.245. The number of likely N-dealkylation sites (tertiary alicyclic amines) is 1. The minimum Gasteiger partial charge on any atom is -0.494 e. The number of hydrogen-bond donors (Lipinski definition) is 0. The van der Waals surface area contributed by atoms with Crippen LogP contribution >= 0.6 is 0 Å². The second-order valence-corrected chi connectivity index (χ2v) is 5.96. The van der Waals surface area contributed by atoms with Crippen molar-refractivity contribution in [2.75, 3.05) is 19.7 Å². The van der Waals surface area contributed by atoms with Crippen molar-refractivity contribution in [2.45, 2.75) is 38.6 Å². The van der Waals surface area contributed by atoms with Gasteiger partial charge in [-0.3, -0.25) is 0 Å². The summed E-state index contributed by atoms with van der Waals surface area (Å²) in [5.41, 5.74) is 1.02. The molecule has 0 N–H and O–H groups in total. The number of benzene rings is 1. The molecular formula is C18H24N3O. The largest absolute Gasteiger partial charge is 0.494 e. The zero-order valence-electron chi connectivity index (χ0n) is 13.2. The Balaban J connectivity index is 1.37. The maximum absolute atomic E-state index is 5.81. The molecular weight excluding hydrogens is 274 g/mol. The number of rotatable bonds is 7. The molecule has 4 nitrogen and oxygen atoms in total. The second-order valence-electron chi connectivity index (χ2n) is 5.96. The van der Waals surface area contributed by atoms with E-state index in [0.717, 1.165) is 30.5 Å². The van der Waals surface area contributed by atoms with E-state index in [1.807, 2.05) is 30.5 Å². The van der Waals surface area contributed by atoms with Crippen molar-refractivity contribution >= 4 is 0 Å². The molecule has 3 rings (SSSR count). The third-order valence-electron chi connectivity index (χ3n) is 4.35. The molecule has 1 aromatic heterocycles. The van der Waals surface area contributed by atoms with Gasteiger partial charge in [0.2, 0.25) is 0 Å². The summed E-state index contributed by atoms with van der Waals surface area (Å²) < 4.78 is 7.61. The van der Waals surface area contributed by atoms with E-state index >= 15 is 0 Å². The molecule has 0 amide bonds. The Kier molecular flexibility index (Phi) is 5.11. The third kappa shape index (κ3) is 3.89. The van der Waals surface area contributed by atoms with Crippen LogP contribution in [0.5, 0.6) is 5.75 Å². The number of aromatic nitrogens is 2. The molecule has 22 heavy (non-hydrogen) atoms. The minimum atomic E-state index is 0.771. The predicted octanol–water partition coefficient (Wildman–Crippen LogP) is 3.32. The Hall–Kier alpha value is -1.81. The summed E-state index contributed by atoms with van der Waals surface area (Å²) in [6.45, 7) is 5.60. The first-order chi connectivity index (χ1) is 10.8. The molecule has 1 aliphatic rings. The van der Waals surface area contributed by atoms with Crippen molar-refractivity contribution in [3.8, 4) is 11.4 Å². The maximum Gasteiger partial charge on any atom is 0.119 e. The lowest BCUT2D eigenvalue weighted by Crippen LogP contribution is -2.28. The molecule has 2 heterocycles. The van der Waals surface area contributed by atoms with Crippen molar-refractivity contribution < 1.29 is 4.74 Å². The molecule has 0 saturated carbocycles. The molecule has 0 bridgehead atoms. The van der Waals surface area contributed by atoms with Crippen LogP contribution in [-0.2, 0) is 0 Å². The van der Waals surface area contributed by atoms with E-state index < -0.39 is 0 Å². The summed E-state index contributed by atoms with van der Waals surface area (Å²) in [5.74, 6) is 0.925. The van der Waals surface area contributed by atoms with Crippen molar-refractivity contribution in [3.05, 3.63) is 42.7 Å². The van der Waals surface area contributed by atoms with Gasteiger partial charge in [-0.2, -0.15) is 5.10 Å². The Bertz CT molecular complexity index is 550. The molecule has 1 radical (unpaired) electrons. The van der Waals surface area contributed by atoms with E-state index in [-0.39, 0.29) is 0 Å². The Morgan fingerprint density at radius 2 is 2.14 bits per heavy atom. The van der Waals surface area contributed by atoms with Gasteiger partial charge < -0.3 is 9.64 Å². The zero-order chi connectivity index (χ0) is 15.2. The molecule has 1 aliphatic heterocycles. The molecule has 0 aliphatic carbocycles. The van der Waals surface area contributed by atoms with Crippen LogP contribution in [0.3, 0.4) is 0 Å². The standard InChI is InChI=1S/C18H24N3O/c1-16-6-4-13-20(16)12-2-3-15-22-18-9-7-17(8-10-18)21-14-5-11-19-21/h7-11,14,16H,2-4,6,12-13,15H2,1H3/t16-/m1/s1. The van der Waals surface area contributed by atoms with Crippen LogP contribution in [0.4, 0.5) is 0 Å². The van der Waals surface area contributed by atoms with E-state index in [2.05, 4.69) is 23.0 Å². The van der Waals surface area contributed by atoms with E-state index in [9.17, 15) is 0 Å². The predicted molar refractivity (Wildman–Crippen MR) is 87.4 cm³/mol. The summed E-state index contributed by atoms with van der Waals surface area (Å²) in [4.78, 5) is 2.59. The smallest absolute Gasteiger partial charge is 0.119 e. The molecule has 0 unspecified atom stereocenters. The maximum atomic E-state index is 5.81. The summed E-state index contributed by atoms with van der Waals surface area (Å²) in [5, 5.41) is 4.16. The molecule has 0 spiro atoms. The number of ether oxygens (including phenoxy) is 1. The van der Waals surface area contributed by atoms with Crippen molar-refractivity contribution in [2.24, 2.45) is 0 Å². The van der Waals surface area contributed by atoms with Crippen LogP contribution < -0.4 is 4.74 Å². The van der Waals surface area contributed by atoms with Crippen molar-refractivity contribution in [1.29, 1.82) is 0 Å². The third-order valence-corrected chi connectivity index (χ3v) is 4.35. The highest BCUT2D eigenvalue weighted by Gasteiger charge is 2.18. The fourth-order valence-corrected chi connectivity index (χ4v) is 3.00. The van der Waals surface area contributed by atoms with Crippen LogP contribution in [0, 0.1) is 6.07 Å². The number of hydrogen-bond acceptors (Lipinski definition) is 3. The molecule has 1 aromatic carbocycles. The minimum absolute atomic E-state index is 0.771. The Morgan fingerprint density at radius 1 is 1.27 bits per heavy atom. The molecule has 2 aromatic rings. The van der Waals surface area contributed by atoms with Crippen LogP contribution in [-0.4, -0.2) is 40.4 Å². The van der Waals surface area contributed by atoms with Gasteiger partial charge >= 0.3 is 0 Å². The topological polar surface area (TPSA) is 30.3 Å². The van der Waals surface area contributed by atoms with Gasteiger partial charge in [-0.05, 0) is 70.0 Å². The van der Waals surface area contributed by atoms with E-state index in [1.165, 1.54) is 32.4 Å². The molecule has 1 saturated heterocycles. The first-order valence-electron chi connectivity index (χ1n) is 8.21. The van der Waals surface area contributed by atoms with Gasteiger partial charge in [0, 0.05) is 18.3 Å². The Morgan fingerprint density at radius 3 is 2.82 bits per heavy atom. The lowest BCUT2D eigenvalue weighted by atomic mass is 10.2. The van der Waals surface area contributed by atoms with Gasteiger partial charge in [-0.1, -0.05) is 0 Å². The van der Waals surface area contributed by atoms with Gasteiger partial charge in [-0.25, -0.2) is 4.68 Å². The number of nitrogens with zero attached hydrogens (tertiary/aromatic N) is 3. The first-order valence-corrected chi connectivity index (χ1v) is 8.21. The van der Waals surface area contributed by atoms with Gasteiger partial charge in [0.1, 0.15) is 5.75 Å². The average Bonchev–Trinajstić information content (AvgIpc) is 3.20. The monoisotopic (exact) mass is 298 g/mol. The normalized spacial score (nSPS) is 18.7. The van der Waals surface area contributed by atoms with Crippen LogP contribution in [0.2, 0.25) is 0 Å². The van der Waals surface area contributed by atoms with E-state index in [4.69, 9.17) is 4.74 Å². The quantitative estimate of drug-likeness (QED) is 0.735. The SMILES string of the molecule is C[C@@H]1CCCN1CCCCOc1ccc(-n2c[c]cn2)cc1. The fourth-order valence-electron chi connectivity index (χ4n) is 3.00. The van der Waals surface area contributed by atoms with Gasteiger partial charge in [0.15, 0.2) is 0 Å². The first kappa shape index (κ1) is 15.1. The number of unbranched alkanes of at least 4 members (excludes halogenated alkanes) is 1. The molecule has 1 fully saturated rings. The lowest BCUT2D eigenvalue weighted by Gasteiger charge is -2.20. The highest BCUT2D eigenvalue weighted by Crippen LogP contribution is 2.17.